The summed E-state index contributed by atoms with van der Waals surface area (Å²) in [5, 5.41) is 4.09. The third kappa shape index (κ3) is 3.91. The quantitative estimate of drug-likeness (QED) is 0.814. The minimum atomic E-state index is 0.480. The van der Waals surface area contributed by atoms with E-state index in [-0.39, 0.29) is 0 Å². The predicted molar refractivity (Wildman–Crippen MR) is 87.8 cm³/mol. The van der Waals surface area contributed by atoms with E-state index < -0.39 is 0 Å². The Labute approximate surface area is 124 Å². The van der Waals surface area contributed by atoms with Crippen LogP contribution >= 0.6 is 11.8 Å². The smallest absolute Gasteiger partial charge is 0.0212 e. The van der Waals surface area contributed by atoms with Gasteiger partial charge in [-0.25, -0.2) is 0 Å². The van der Waals surface area contributed by atoms with E-state index in [2.05, 4.69) is 51.7 Å². The lowest BCUT2D eigenvalue weighted by Gasteiger charge is -2.45. The zero-order chi connectivity index (χ0) is 14.0. The second-order valence-electron chi connectivity index (χ2n) is 7.97. The lowest BCUT2D eigenvalue weighted by molar-refractivity contribution is 0.130. The molecule has 4 atom stereocenters. The zero-order valence-electron chi connectivity index (χ0n) is 13.5. The minimum absolute atomic E-state index is 0.480. The number of hydrogen-bond acceptors (Lipinski definition) is 2. The SMILES string of the molecule is CC1CCC(C(C)C)C(NC2CSCCC2(C)C)C1. The molecule has 1 heterocycles. The Kier molecular flexibility index (Phi) is 5.28. The molecule has 4 unspecified atom stereocenters. The Balaban J connectivity index is 2.01. The highest BCUT2D eigenvalue weighted by molar-refractivity contribution is 7.99. The molecule has 0 spiro atoms. The molecule has 1 aliphatic heterocycles. The molecule has 1 nitrogen and oxygen atoms in total. The van der Waals surface area contributed by atoms with Crippen LogP contribution in [0.4, 0.5) is 0 Å². The molecule has 2 heteroatoms. The maximum absolute atomic E-state index is 4.09. The molecular weight excluding hydrogens is 250 g/mol. The van der Waals surface area contributed by atoms with Crippen LogP contribution in [0.25, 0.3) is 0 Å². The predicted octanol–water partition coefficient (Wildman–Crippen LogP) is 4.57. The summed E-state index contributed by atoms with van der Waals surface area (Å²) in [6.07, 6.45) is 5.62. The Morgan fingerprint density at radius 2 is 1.95 bits per heavy atom. The highest BCUT2D eigenvalue weighted by atomic mass is 32.2. The molecule has 0 aromatic rings. The Bertz CT molecular complexity index is 287. The van der Waals surface area contributed by atoms with Gasteiger partial charge in [-0.1, -0.05) is 41.0 Å². The van der Waals surface area contributed by atoms with Gasteiger partial charge >= 0.3 is 0 Å². The van der Waals surface area contributed by atoms with Crippen molar-refractivity contribution >= 4 is 11.8 Å². The molecule has 0 aromatic carbocycles. The van der Waals surface area contributed by atoms with Crippen molar-refractivity contribution in [3.05, 3.63) is 0 Å². The molecule has 1 N–H and O–H groups in total. The molecule has 1 saturated carbocycles. The summed E-state index contributed by atoms with van der Waals surface area (Å²) in [5.41, 5.74) is 0.480. The first kappa shape index (κ1) is 15.7. The van der Waals surface area contributed by atoms with Crippen molar-refractivity contribution in [3.8, 4) is 0 Å². The van der Waals surface area contributed by atoms with Gasteiger partial charge in [-0.15, -0.1) is 0 Å². The molecule has 1 aliphatic carbocycles. The molecule has 2 aliphatic rings. The number of nitrogens with one attached hydrogen (secondary N) is 1. The molecule has 2 rings (SSSR count). The van der Waals surface area contributed by atoms with Gasteiger partial charge in [0.05, 0.1) is 0 Å². The van der Waals surface area contributed by atoms with Crippen LogP contribution in [0.3, 0.4) is 0 Å². The van der Waals surface area contributed by atoms with E-state index in [0.717, 1.165) is 23.8 Å². The summed E-state index contributed by atoms with van der Waals surface area (Å²) in [7, 11) is 0. The maximum atomic E-state index is 4.09. The van der Waals surface area contributed by atoms with Crippen LogP contribution < -0.4 is 5.32 Å². The Morgan fingerprint density at radius 3 is 2.58 bits per heavy atom. The fourth-order valence-electron chi connectivity index (χ4n) is 3.86. The third-order valence-corrected chi connectivity index (χ3v) is 6.62. The third-order valence-electron chi connectivity index (χ3n) is 5.56. The van der Waals surface area contributed by atoms with Crippen molar-refractivity contribution in [2.24, 2.45) is 23.2 Å². The van der Waals surface area contributed by atoms with Gasteiger partial charge in [0.15, 0.2) is 0 Å². The van der Waals surface area contributed by atoms with Crippen LogP contribution in [-0.2, 0) is 0 Å². The van der Waals surface area contributed by atoms with E-state index >= 15 is 0 Å². The van der Waals surface area contributed by atoms with E-state index in [1.165, 1.54) is 37.2 Å². The van der Waals surface area contributed by atoms with Crippen LogP contribution in [0, 0.1) is 23.2 Å². The lowest BCUT2D eigenvalue weighted by atomic mass is 9.72. The van der Waals surface area contributed by atoms with E-state index in [9.17, 15) is 0 Å². The van der Waals surface area contributed by atoms with Crippen LogP contribution in [0.15, 0.2) is 0 Å². The monoisotopic (exact) mass is 283 g/mol. The fraction of sp³-hybridized carbons (Fsp3) is 1.00. The molecule has 0 radical (unpaired) electrons. The molecule has 0 amide bonds. The van der Waals surface area contributed by atoms with Crippen molar-refractivity contribution < 1.29 is 0 Å². The highest BCUT2D eigenvalue weighted by Gasteiger charge is 2.37. The van der Waals surface area contributed by atoms with Gasteiger partial charge in [-0.2, -0.15) is 11.8 Å². The van der Waals surface area contributed by atoms with Crippen molar-refractivity contribution in [2.45, 2.75) is 72.4 Å². The van der Waals surface area contributed by atoms with E-state index in [4.69, 9.17) is 0 Å². The molecule has 19 heavy (non-hydrogen) atoms. The molecule has 1 saturated heterocycles. The molecule has 112 valence electrons. The largest absolute Gasteiger partial charge is 0.310 e. The van der Waals surface area contributed by atoms with Crippen molar-refractivity contribution in [1.29, 1.82) is 0 Å². The molecular formula is C17H33NS. The van der Waals surface area contributed by atoms with Crippen molar-refractivity contribution in [2.75, 3.05) is 11.5 Å². The summed E-state index contributed by atoms with van der Waals surface area (Å²) in [6.45, 7) is 12.2. The van der Waals surface area contributed by atoms with Crippen LogP contribution in [0.1, 0.15) is 60.3 Å². The standard InChI is InChI=1S/C17H33NS/c1-12(2)14-7-6-13(3)10-15(14)18-16-11-19-9-8-17(16,4)5/h12-16,18H,6-11H2,1-5H3. The topological polar surface area (TPSA) is 12.0 Å². The van der Waals surface area contributed by atoms with Crippen molar-refractivity contribution in [1.82, 2.24) is 5.32 Å². The fourth-order valence-corrected chi connectivity index (χ4v) is 5.48. The maximum Gasteiger partial charge on any atom is 0.0212 e. The lowest BCUT2D eigenvalue weighted by Crippen LogP contribution is -2.54. The van der Waals surface area contributed by atoms with Gasteiger partial charge in [0.1, 0.15) is 0 Å². The summed E-state index contributed by atoms with van der Waals surface area (Å²) >= 11 is 2.14. The highest BCUT2D eigenvalue weighted by Crippen LogP contribution is 2.38. The average Bonchev–Trinajstić information content (AvgIpc) is 2.31. The van der Waals surface area contributed by atoms with Gasteiger partial charge in [0, 0.05) is 17.8 Å². The molecule has 0 bridgehead atoms. The van der Waals surface area contributed by atoms with Crippen molar-refractivity contribution in [3.63, 3.8) is 0 Å². The number of hydrogen-bond donors (Lipinski definition) is 1. The normalized spacial score (nSPS) is 39.5. The zero-order valence-corrected chi connectivity index (χ0v) is 14.4. The summed E-state index contributed by atoms with van der Waals surface area (Å²) in [4.78, 5) is 0. The first-order valence-corrected chi connectivity index (χ1v) is 9.39. The van der Waals surface area contributed by atoms with Crippen LogP contribution in [-0.4, -0.2) is 23.6 Å². The molecule has 2 fully saturated rings. The van der Waals surface area contributed by atoms with E-state index in [0.29, 0.717) is 11.5 Å². The van der Waals surface area contributed by atoms with Gasteiger partial charge in [-0.3, -0.25) is 0 Å². The van der Waals surface area contributed by atoms with Gasteiger partial charge in [0.2, 0.25) is 0 Å². The Hall–Kier alpha value is 0.310. The second-order valence-corrected chi connectivity index (χ2v) is 9.12. The summed E-state index contributed by atoms with van der Waals surface area (Å²) in [6, 6.07) is 1.47. The number of thioether (sulfide) groups is 1. The second kappa shape index (κ2) is 6.39. The first-order valence-electron chi connectivity index (χ1n) is 8.24. The minimum Gasteiger partial charge on any atom is -0.310 e. The molecule has 0 aromatic heterocycles. The van der Waals surface area contributed by atoms with Gasteiger partial charge in [-0.05, 0) is 48.2 Å². The first-order chi connectivity index (χ1) is 8.90. The van der Waals surface area contributed by atoms with Crippen LogP contribution in [0.2, 0.25) is 0 Å². The van der Waals surface area contributed by atoms with E-state index in [1.807, 2.05) is 0 Å². The summed E-state index contributed by atoms with van der Waals surface area (Å²) in [5.74, 6) is 5.28. The van der Waals surface area contributed by atoms with Crippen LogP contribution in [0.5, 0.6) is 0 Å². The summed E-state index contributed by atoms with van der Waals surface area (Å²) < 4.78 is 0. The van der Waals surface area contributed by atoms with Gasteiger partial charge in [0.25, 0.3) is 0 Å². The van der Waals surface area contributed by atoms with E-state index in [1.54, 1.807) is 0 Å². The Morgan fingerprint density at radius 1 is 1.21 bits per heavy atom. The average molecular weight is 284 g/mol. The number of rotatable bonds is 3. The van der Waals surface area contributed by atoms with Gasteiger partial charge < -0.3 is 5.32 Å².